The minimum atomic E-state index is -4.91. The normalized spacial score (nSPS) is 31.2. The van der Waals surface area contributed by atoms with Crippen LogP contribution in [0.3, 0.4) is 0 Å². The Hall–Kier alpha value is -0.780. The van der Waals surface area contributed by atoms with Gasteiger partial charge in [0, 0.05) is 0 Å². The summed E-state index contributed by atoms with van der Waals surface area (Å²) in [6, 6.07) is 0. The number of ether oxygens (including phenoxy) is 1. The second kappa shape index (κ2) is 4.61. The van der Waals surface area contributed by atoms with E-state index in [2.05, 4.69) is 4.74 Å². The molecule has 1 saturated carbocycles. The fourth-order valence-corrected chi connectivity index (χ4v) is 1.91. The summed E-state index contributed by atoms with van der Waals surface area (Å²) in [4.78, 5) is 10.7. The Morgan fingerprint density at radius 1 is 1.44 bits per heavy atom. The molecule has 1 fully saturated rings. The average Bonchev–Trinajstić information content (AvgIpc) is 2.17. The van der Waals surface area contributed by atoms with Crippen molar-refractivity contribution < 1.29 is 22.7 Å². The second-order valence-electron chi connectivity index (χ2n) is 4.52. The summed E-state index contributed by atoms with van der Waals surface area (Å²) >= 11 is 0. The van der Waals surface area contributed by atoms with E-state index < -0.39 is 17.7 Å². The number of hydrogen-bond acceptors (Lipinski definition) is 3. The van der Waals surface area contributed by atoms with Gasteiger partial charge in [0.15, 0.2) is 0 Å². The molecule has 1 rings (SSSR count). The Balaban J connectivity index is 2.51. The molecule has 0 spiro atoms. The van der Waals surface area contributed by atoms with E-state index in [-0.39, 0.29) is 0 Å². The van der Waals surface area contributed by atoms with E-state index in [9.17, 15) is 18.0 Å². The third kappa shape index (κ3) is 3.37. The summed E-state index contributed by atoms with van der Waals surface area (Å²) in [6.45, 7) is 2.08. The summed E-state index contributed by atoms with van der Waals surface area (Å²) in [5, 5.41) is 0. The molecule has 0 heterocycles. The van der Waals surface area contributed by atoms with Gasteiger partial charge in [-0.2, -0.15) is 13.2 Å². The minimum absolute atomic E-state index is 0.331. The van der Waals surface area contributed by atoms with Crippen LogP contribution in [0.2, 0.25) is 0 Å². The van der Waals surface area contributed by atoms with Gasteiger partial charge in [0.05, 0.1) is 0 Å². The van der Waals surface area contributed by atoms with Crippen LogP contribution >= 0.6 is 0 Å². The molecule has 2 N–H and O–H groups in total. The van der Waals surface area contributed by atoms with Crippen LogP contribution in [-0.4, -0.2) is 24.3 Å². The monoisotopic (exact) mass is 239 g/mol. The number of halogens is 3. The zero-order valence-corrected chi connectivity index (χ0v) is 9.14. The predicted octanol–water partition coefficient (Wildman–Crippen LogP) is 2.00. The minimum Gasteiger partial charge on any atom is -0.453 e. The topological polar surface area (TPSA) is 52.3 Å². The van der Waals surface area contributed by atoms with Crippen LogP contribution in [0, 0.1) is 5.92 Å². The molecule has 0 bridgehead atoms. The molecule has 6 heteroatoms. The molecule has 1 aliphatic carbocycles. The van der Waals surface area contributed by atoms with Crippen LogP contribution in [0.1, 0.15) is 32.6 Å². The summed E-state index contributed by atoms with van der Waals surface area (Å²) in [7, 11) is 0. The van der Waals surface area contributed by atoms with Crippen molar-refractivity contribution in [3.63, 3.8) is 0 Å². The van der Waals surface area contributed by atoms with Crippen molar-refractivity contribution in [3.05, 3.63) is 0 Å². The largest absolute Gasteiger partial charge is 0.490 e. The number of carbonyl (C=O) groups is 1. The highest BCUT2D eigenvalue weighted by atomic mass is 19.4. The molecular formula is C10H16F3NO2. The molecule has 0 saturated heterocycles. The van der Waals surface area contributed by atoms with E-state index in [1.165, 1.54) is 0 Å². The lowest BCUT2D eigenvalue weighted by Gasteiger charge is -2.36. The van der Waals surface area contributed by atoms with Gasteiger partial charge in [-0.3, -0.25) is 0 Å². The first-order chi connectivity index (χ1) is 7.27. The van der Waals surface area contributed by atoms with Gasteiger partial charge in [0.1, 0.15) is 5.60 Å². The van der Waals surface area contributed by atoms with Crippen LogP contribution in [0.15, 0.2) is 0 Å². The second-order valence-corrected chi connectivity index (χ2v) is 4.52. The molecule has 0 aromatic rings. The van der Waals surface area contributed by atoms with E-state index in [0.717, 1.165) is 0 Å². The van der Waals surface area contributed by atoms with Crippen molar-refractivity contribution >= 4 is 5.97 Å². The molecule has 0 aromatic carbocycles. The summed E-state index contributed by atoms with van der Waals surface area (Å²) < 4.78 is 40.6. The first kappa shape index (κ1) is 13.3. The molecule has 94 valence electrons. The molecule has 0 amide bonds. The summed E-state index contributed by atoms with van der Waals surface area (Å²) in [6.07, 6.45) is -2.61. The number of esters is 1. The molecule has 16 heavy (non-hydrogen) atoms. The lowest BCUT2D eigenvalue weighted by atomic mass is 9.80. The summed E-state index contributed by atoms with van der Waals surface area (Å²) in [5.41, 5.74) is 4.49. The Morgan fingerprint density at radius 2 is 1.94 bits per heavy atom. The average molecular weight is 239 g/mol. The number of carbonyl (C=O) groups excluding carboxylic acids is 1. The van der Waals surface area contributed by atoms with Crippen LogP contribution < -0.4 is 5.73 Å². The highest BCUT2D eigenvalue weighted by Gasteiger charge is 2.45. The quantitative estimate of drug-likeness (QED) is 0.750. The van der Waals surface area contributed by atoms with Crippen LogP contribution in [0.25, 0.3) is 0 Å². The van der Waals surface area contributed by atoms with E-state index in [4.69, 9.17) is 5.73 Å². The van der Waals surface area contributed by atoms with Gasteiger partial charge in [-0.1, -0.05) is 0 Å². The van der Waals surface area contributed by atoms with Gasteiger partial charge in [-0.15, -0.1) is 0 Å². The lowest BCUT2D eigenvalue weighted by Crippen LogP contribution is -2.41. The highest BCUT2D eigenvalue weighted by Crippen LogP contribution is 2.35. The number of alkyl halides is 3. The van der Waals surface area contributed by atoms with Crippen molar-refractivity contribution in [2.24, 2.45) is 11.7 Å². The highest BCUT2D eigenvalue weighted by molar-refractivity contribution is 5.76. The SMILES string of the molecule is CC1(OC(=O)C(F)(F)F)CCC(CN)CC1. The standard InChI is InChI=1S/C10H16F3NO2/c1-9(16-8(15)10(11,12)13)4-2-7(6-14)3-5-9/h7H,2-6,14H2,1H3. The number of hydrogen-bond donors (Lipinski definition) is 1. The van der Waals surface area contributed by atoms with Gasteiger partial charge < -0.3 is 10.5 Å². The maximum Gasteiger partial charge on any atom is 0.490 e. The Labute approximate surface area is 92.1 Å². The van der Waals surface area contributed by atoms with Gasteiger partial charge in [0.2, 0.25) is 0 Å². The molecule has 0 atom stereocenters. The third-order valence-electron chi connectivity index (χ3n) is 3.07. The van der Waals surface area contributed by atoms with E-state index in [0.29, 0.717) is 38.1 Å². The van der Waals surface area contributed by atoms with Crippen molar-refractivity contribution in [1.29, 1.82) is 0 Å². The first-order valence-corrected chi connectivity index (χ1v) is 5.27. The van der Waals surface area contributed by atoms with Crippen molar-refractivity contribution in [2.45, 2.75) is 44.4 Å². The fraction of sp³-hybridized carbons (Fsp3) is 0.900. The maximum atomic E-state index is 12.0. The fourth-order valence-electron chi connectivity index (χ4n) is 1.91. The van der Waals surface area contributed by atoms with E-state index in [1.807, 2.05) is 0 Å². The zero-order chi connectivity index (χ0) is 12.4. The predicted molar refractivity (Wildman–Crippen MR) is 51.6 cm³/mol. The van der Waals surface area contributed by atoms with Crippen molar-refractivity contribution in [2.75, 3.05) is 6.54 Å². The first-order valence-electron chi connectivity index (χ1n) is 5.27. The Bertz CT molecular complexity index is 257. The third-order valence-corrected chi connectivity index (χ3v) is 3.07. The maximum absolute atomic E-state index is 12.0. The van der Waals surface area contributed by atoms with Crippen LogP contribution in [0.4, 0.5) is 13.2 Å². The molecule has 0 aliphatic heterocycles. The van der Waals surface area contributed by atoms with Gasteiger partial charge in [-0.25, -0.2) is 4.79 Å². The summed E-state index contributed by atoms with van der Waals surface area (Å²) in [5.74, 6) is -1.76. The molecule has 3 nitrogen and oxygen atoms in total. The van der Waals surface area contributed by atoms with Crippen LogP contribution in [-0.2, 0) is 9.53 Å². The van der Waals surface area contributed by atoms with Gasteiger partial charge in [-0.05, 0) is 45.1 Å². The smallest absolute Gasteiger partial charge is 0.453 e. The van der Waals surface area contributed by atoms with Crippen LogP contribution in [0.5, 0.6) is 0 Å². The zero-order valence-electron chi connectivity index (χ0n) is 9.14. The molecule has 0 radical (unpaired) electrons. The molecule has 0 aromatic heterocycles. The van der Waals surface area contributed by atoms with Crippen molar-refractivity contribution in [1.82, 2.24) is 0 Å². The Morgan fingerprint density at radius 3 is 2.31 bits per heavy atom. The van der Waals surface area contributed by atoms with E-state index >= 15 is 0 Å². The van der Waals surface area contributed by atoms with Crippen molar-refractivity contribution in [3.8, 4) is 0 Å². The van der Waals surface area contributed by atoms with Gasteiger partial charge >= 0.3 is 12.1 Å². The molecule has 0 unspecified atom stereocenters. The Kier molecular flexibility index (Phi) is 3.83. The molecule has 1 aliphatic rings. The number of nitrogens with two attached hydrogens (primary N) is 1. The van der Waals surface area contributed by atoms with E-state index in [1.54, 1.807) is 6.92 Å². The molecular weight excluding hydrogens is 223 g/mol. The number of rotatable bonds is 2. The lowest BCUT2D eigenvalue weighted by molar-refractivity contribution is -0.215. The van der Waals surface area contributed by atoms with Gasteiger partial charge in [0.25, 0.3) is 0 Å².